The zero-order chi connectivity index (χ0) is 20.2. The Kier molecular flexibility index (Phi) is 5.02. The Hall–Kier alpha value is -2.77. The van der Waals surface area contributed by atoms with Crippen LogP contribution in [0.5, 0.6) is 0 Å². The summed E-state index contributed by atoms with van der Waals surface area (Å²) in [7, 11) is 0. The number of halogens is 1. The van der Waals surface area contributed by atoms with Crippen LogP contribution in [0.1, 0.15) is 28.8 Å². The number of nitrogens with one attached hydrogen (secondary N) is 2. The van der Waals surface area contributed by atoms with E-state index in [2.05, 4.69) is 21.3 Å². The molecule has 1 aromatic heterocycles. The molecule has 8 heteroatoms. The van der Waals surface area contributed by atoms with Crippen LogP contribution in [0.3, 0.4) is 0 Å². The number of benzene rings is 1. The number of hydrogen-bond donors (Lipinski definition) is 2. The topological polar surface area (TPSA) is 77.7 Å². The molecule has 0 bridgehead atoms. The number of fused-ring (bicyclic) bond motifs is 2. The van der Waals surface area contributed by atoms with Crippen LogP contribution in [-0.4, -0.2) is 53.0 Å². The first-order valence-electron chi connectivity index (χ1n) is 10.6. The van der Waals surface area contributed by atoms with Crippen molar-refractivity contribution in [1.29, 1.82) is 0 Å². The monoisotopic (exact) mass is 440 g/mol. The highest BCUT2D eigenvalue weighted by atomic mass is 35.5. The molecule has 7 nitrogen and oxygen atoms in total. The molecule has 4 aliphatic rings. The molecule has 3 aliphatic heterocycles. The Balaban J connectivity index is 0.00000204. The minimum atomic E-state index is -0.283. The summed E-state index contributed by atoms with van der Waals surface area (Å²) in [4.78, 5) is 31.8. The quantitative estimate of drug-likeness (QED) is 0.699. The molecule has 1 aliphatic carbocycles. The van der Waals surface area contributed by atoms with Gasteiger partial charge in [-0.05, 0) is 53.7 Å². The second-order valence-electron chi connectivity index (χ2n) is 8.84. The molecule has 3 fully saturated rings. The highest BCUT2D eigenvalue weighted by Crippen LogP contribution is 2.45. The smallest absolute Gasteiger partial charge is 0.410 e. The molecular formula is C23H25ClN4O3. The minimum Gasteiger partial charge on any atom is -0.448 e. The molecule has 162 valence electrons. The van der Waals surface area contributed by atoms with Crippen molar-refractivity contribution in [3.8, 4) is 0 Å². The number of likely N-dealkylation sites (tertiary alicyclic amines) is 1. The number of carbonyl (C=O) groups excluding carboxylic acids is 2. The van der Waals surface area contributed by atoms with Crippen molar-refractivity contribution in [1.82, 2.24) is 14.8 Å². The number of aromatic amines is 1. The largest absolute Gasteiger partial charge is 0.448 e. The number of nitrogens with zero attached hydrogens (tertiary/aromatic N) is 2. The lowest BCUT2D eigenvalue weighted by molar-refractivity contribution is -0.110. The van der Waals surface area contributed by atoms with Gasteiger partial charge in [0.15, 0.2) is 0 Å². The summed E-state index contributed by atoms with van der Waals surface area (Å²) in [5.41, 5.74) is 5.49. The van der Waals surface area contributed by atoms with Crippen LogP contribution in [0.25, 0.3) is 11.6 Å². The third kappa shape index (κ3) is 3.83. The van der Waals surface area contributed by atoms with Crippen LogP contribution < -0.4 is 5.32 Å². The Morgan fingerprint density at radius 1 is 1.10 bits per heavy atom. The van der Waals surface area contributed by atoms with Crippen LogP contribution in [0.4, 0.5) is 10.5 Å². The predicted molar refractivity (Wildman–Crippen MR) is 120 cm³/mol. The number of ether oxygens (including phenoxy) is 1. The van der Waals surface area contributed by atoms with Gasteiger partial charge in [0.2, 0.25) is 0 Å². The fourth-order valence-corrected chi connectivity index (χ4v) is 4.94. The van der Waals surface area contributed by atoms with Crippen molar-refractivity contribution in [3.05, 3.63) is 52.8 Å². The summed E-state index contributed by atoms with van der Waals surface area (Å²) in [5, 5.41) is 2.94. The number of aromatic nitrogens is 1. The zero-order valence-corrected chi connectivity index (χ0v) is 17.9. The van der Waals surface area contributed by atoms with E-state index in [1.54, 1.807) is 4.90 Å². The van der Waals surface area contributed by atoms with Crippen LogP contribution in [-0.2, 0) is 22.6 Å². The van der Waals surface area contributed by atoms with Crippen LogP contribution in [0.2, 0.25) is 0 Å². The summed E-state index contributed by atoms with van der Waals surface area (Å²) in [5.74, 6) is 1.76. The van der Waals surface area contributed by atoms with Crippen molar-refractivity contribution >= 4 is 41.7 Å². The third-order valence-corrected chi connectivity index (χ3v) is 6.61. The predicted octanol–water partition coefficient (Wildman–Crippen LogP) is 3.33. The highest BCUT2D eigenvalue weighted by Gasteiger charge is 2.44. The van der Waals surface area contributed by atoms with Gasteiger partial charge in [-0.2, -0.15) is 0 Å². The molecule has 1 saturated carbocycles. The Morgan fingerprint density at radius 3 is 2.71 bits per heavy atom. The zero-order valence-electron chi connectivity index (χ0n) is 17.1. The maximum Gasteiger partial charge on any atom is 0.410 e. The van der Waals surface area contributed by atoms with E-state index in [0.29, 0.717) is 25.3 Å². The molecule has 2 N–H and O–H groups in total. The van der Waals surface area contributed by atoms with Gasteiger partial charge in [-0.3, -0.25) is 9.69 Å². The summed E-state index contributed by atoms with van der Waals surface area (Å²) >= 11 is 0. The molecule has 6 rings (SSSR count). The fourth-order valence-electron chi connectivity index (χ4n) is 4.94. The second kappa shape index (κ2) is 7.73. The first kappa shape index (κ1) is 20.2. The molecule has 2 aromatic rings. The van der Waals surface area contributed by atoms with E-state index >= 15 is 0 Å². The molecule has 4 heterocycles. The summed E-state index contributed by atoms with van der Waals surface area (Å²) in [6.07, 6.45) is 5.09. The number of anilines is 1. The van der Waals surface area contributed by atoms with Gasteiger partial charge in [0.05, 0.1) is 12.1 Å². The molecule has 0 unspecified atom stereocenters. The van der Waals surface area contributed by atoms with Gasteiger partial charge in [-0.15, -0.1) is 12.4 Å². The lowest BCUT2D eigenvalue weighted by atomic mass is 10.0. The molecule has 2 atom stereocenters. The summed E-state index contributed by atoms with van der Waals surface area (Å²) < 4.78 is 5.01. The van der Waals surface area contributed by atoms with Crippen LogP contribution in [0, 0.1) is 11.8 Å². The molecule has 2 saturated heterocycles. The van der Waals surface area contributed by atoms with Gasteiger partial charge in [0.1, 0.15) is 6.61 Å². The average molecular weight is 441 g/mol. The number of piperidine rings is 1. The number of cyclic esters (lactones) is 1. The van der Waals surface area contributed by atoms with E-state index in [-0.39, 0.29) is 24.4 Å². The standard InChI is InChI=1S/C23H24N4O3.ClH/c28-22-20(8-18-5-15(9-24-18)10-26-12-16-7-17(16)13-26)19-6-14(1-2-21(19)25-22)11-27-3-4-30-23(27)29;/h1-2,5-6,8-9,16-17,24H,3-4,7,10-13H2,(H,25,28);1H/b20-8-;/t16-,17+;. The van der Waals surface area contributed by atoms with Crippen molar-refractivity contribution in [2.75, 3.05) is 31.6 Å². The van der Waals surface area contributed by atoms with Crippen molar-refractivity contribution in [2.24, 2.45) is 11.8 Å². The van der Waals surface area contributed by atoms with Crippen LogP contribution in [0.15, 0.2) is 30.5 Å². The van der Waals surface area contributed by atoms with E-state index in [1.165, 1.54) is 25.1 Å². The number of rotatable bonds is 5. The molecule has 31 heavy (non-hydrogen) atoms. The minimum absolute atomic E-state index is 0. The molecule has 2 amide bonds. The van der Waals surface area contributed by atoms with Crippen molar-refractivity contribution < 1.29 is 14.3 Å². The molecule has 0 radical (unpaired) electrons. The van der Waals surface area contributed by atoms with Gasteiger partial charge in [0, 0.05) is 49.3 Å². The molecule has 1 aromatic carbocycles. The number of amides is 2. The highest BCUT2D eigenvalue weighted by molar-refractivity contribution is 6.34. The van der Waals surface area contributed by atoms with E-state index in [4.69, 9.17) is 4.74 Å². The average Bonchev–Trinajstić information content (AvgIpc) is 3.13. The van der Waals surface area contributed by atoms with E-state index in [9.17, 15) is 9.59 Å². The number of hydrogen-bond acceptors (Lipinski definition) is 4. The molecule has 0 spiro atoms. The Bertz CT molecular complexity index is 1070. The second-order valence-corrected chi connectivity index (χ2v) is 8.84. The van der Waals surface area contributed by atoms with E-state index in [1.807, 2.05) is 30.5 Å². The Morgan fingerprint density at radius 2 is 1.94 bits per heavy atom. The van der Waals surface area contributed by atoms with Gasteiger partial charge in [-0.1, -0.05) is 6.07 Å². The van der Waals surface area contributed by atoms with Gasteiger partial charge < -0.3 is 19.9 Å². The first-order valence-corrected chi connectivity index (χ1v) is 10.6. The normalized spacial score (nSPS) is 25.3. The fraction of sp³-hybridized carbons (Fsp3) is 0.391. The lowest BCUT2D eigenvalue weighted by Crippen LogP contribution is -2.23. The lowest BCUT2D eigenvalue weighted by Gasteiger charge is -2.15. The van der Waals surface area contributed by atoms with Crippen LogP contribution >= 0.6 is 12.4 Å². The van der Waals surface area contributed by atoms with Gasteiger partial charge in [-0.25, -0.2) is 4.79 Å². The maximum absolute atomic E-state index is 12.6. The number of carbonyl (C=O) groups is 2. The first-order chi connectivity index (χ1) is 14.6. The van der Waals surface area contributed by atoms with Gasteiger partial charge in [0.25, 0.3) is 5.91 Å². The van der Waals surface area contributed by atoms with Gasteiger partial charge >= 0.3 is 6.09 Å². The number of H-pyrrole nitrogens is 1. The maximum atomic E-state index is 12.6. The van der Waals surface area contributed by atoms with Crippen molar-refractivity contribution in [3.63, 3.8) is 0 Å². The molecular weight excluding hydrogens is 416 g/mol. The summed E-state index contributed by atoms with van der Waals surface area (Å²) in [6.45, 7) is 4.91. The summed E-state index contributed by atoms with van der Waals surface area (Å²) in [6, 6.07) is 7.97. The third-order valence-electron chi connectivity index (χ3n) is 6.61. The Labute approximate surface area is 186 Å². The van der Waals surface area contributed by atoms with E-state index in [0.717, 1.165) is 40.9 Å². The van der Waals surface area contributed by atoms with Crippen molar-refractivity contribution in [2.45, 2.75) is 19.5 Å². The SMILES string of the molecule is Cl.O=C1Nc2ccc(CN3CCOC3=O)cc2/C1=C/c1cc(CN2C[C@H]3C[C@H]3C2)c[nH]1. The van der Waals surface area contributed by atoms with E-state index < -0.39 is 0 Å².